The van der Waals surface area contributed by atoms with Gasteiger partial charge < -0.3 is 9.80 Å². The maximum atomic E-state index is 12.8. The van der Waals surface area contributed by atoms with E-state index in [0.29, 0.717) is 31.7 Å². The lowest BCUT2D eigenvalue weighted by Crippen LogP contribution is -2.50. The van der Waals surface area contributed by atoms with E-state index in [4.69, 9.17) is 0 Å². The van der Waals surface area contributed by atoms with Gasteiger partial charge in [0.1, 0.15) is 0 Å². The number of carbonyl (C=O) groups excluding carboxylic acids is 2. The van der Waals surface area contributed by atoms with E-state index in [-0.39, 0.29) is 11.8 Å². The van der Waals surface area contributed by atoms with Crippen LogP contribution in [0.3, 0.4) is 0 Å². The number of hydrogen-bond acceptors (Lipinski definition) is 3. The van der Waals surface area contributed by atoms with Gasteiger partial charge in [-0.15, -0.1) is 0 Å². The summed E-state index contributed by atoms with van der Waals surface area (Å²) in [6.07, 6.45) is 3.47. The average Bonchev–Trinajstić information content (AvgIpc) is 3.11. The molecule has 1 fully saturated rings. The predicted octanol–water partition coefficient (Wildman–Crippen LogP) is 3.80. The summed E-state index contributed by atoms with van der Waals surface area (Å²) >= 11 is 0. The molecule has 0 spiro atoms. The summed E-state index contributed by atoms with van der Waals surface area (Å²) in [5, 5.41) is 4.63. The second-order valence-electron chi connectivity index (χ2n) is 8.15. The monoisotopic (exact) mass is 428 g/mol. The summed E-state index contributed by atoms with van der Waals surface area (Å²) in [4.78, 5) is 29.1. The third-order valence-electron chi connectivity index (χ3n) is 5.92. The molecular weight excluding hydrogens is 400 g/mol. The van der Waals surface area contributed by atoms with Crippen LogP contribution in [-0.2, 0) is 4.79 Å². The Balaban J connectivity index is 1.39. The van der Waals surface area contributed by atoms with Gasteiger partial charge in [0.2, 0.25) is 5.91 Å². The molecule has 1 aliphatic heterocycles. The molecule has 0 atom stereocenters. The quantitative estimate of drug-likeness (QED) is 0.594. The van der Waals surface area contributed by atoms with Crippen LogP contribution in [0, 0.1) is 20.8 Å². The van der Waals surface area contributed by atoms with Gasteiger partial charge in [-0.3, -0.25) is 9.59 Å². The van der Waals surface area contributed by atoms with Crippen molar-refractivity contribution in [1.29, 1.82) is 0 Å². The molecule has 0 aliphatic carbocycles. The first-order chi connectivity index (χ1) is 15.4. The topological polar surface area (TPSA) is 58.4 Å². The number of rotatable bonds is 4. The van der Waals surface area contributed by atoms with Gasteiger partial charge in [-0.1, -0.05) is 35.9 Å². The SMILES string of the molecule is Cc1ccc(C(=O)N2CCN(C(=O)/C=C/c3c(C)nn(-c4ccccc4)c3C)CC2)cc1. The smallest absolute Gasteiger partial charge is 0.253 e. The summed E-state index contributed by atoms with van der Waals surface area (Å²) in [6.45, 7) is 8.09. The minimum Gasteiger partial charge on any atom is -0.336 e. The lowest BCUT2D eigenvalue weighted by atomic mass is 10.1. The number of amides is 2. The molecule has 32 heavy (non-hydrogen) atoms. The van der Waals surface area contributed by atoms with E-state index in [0.717, 1.165) is 28.2 Å². The van der Waals surface area contributed by atoms with E-state index in [2.05, 4.69) is 5.10 Å². The third-order valence-corrected chi connectivity index (χ3v) is 5.92. The number of hydrogen-bond donors (Lipinski definition) is 0. The minimum absolute atomic E-state index is 0.0206. The largest absolute Gasteiger partial charge is 0.336 e. The van der Waals surface area contributed by atoms with E-state index in [1.54, 1.807) is 11.0 Å². The lowest BCUT2D eigenvalue weighted by Gasteiger charge is -2.34. The normalized spacial score (nSPS) is 14.2. The van der Waals surface area contributed by atoms with Crippen molar-refractivity contribution in [2.45, 2.75) is 20.8 Å². The fourth-order valence-electron chi connectivity index (χ4n) is 3.99. The van der Waals surface area contributed by atoms with Crippen LogP contribution in [0.4, 0.5) is 0 Å². The molecular formula is C26H28N4O2. The number of para-hydroxylation sites is 1. The van der Waals surface area contributed by atoms with Gasteiger partial charge >= 0.3 is 0 Å². The van der Waals surface area contributed by atoms with Crippen LogP contribution in [0.5, 0.6) is 0 Å². The van der Waals surface area contributed by atoms with E-state index in [9.17, 15) is 9.59 Å². The maximum Gasteiger partial charge on any atom is 0.253 e. The third kappa shape index (κ3) is 4.49. The van der Waals surface area contributed by atoms with E-state index < -0.39 is 0 Å². The molecule has 0 N–H and O–H groups in total. The first-order valence-corrected chi connectivity index (χ1v) is 10.9. The number of aryl methyl sites for hydroxylation is 2. The van der Waals surface area contributed by atoms with Crippen LogP contribution in [0.25, 0.3) is 11.8 Å². The van der Waals surface area contributed by atoms with Crippen LogP contribution in [0.2, 0.25) is 0 Å². The summed E-state index contributed by atoms with van der Waals surface area (Å²) in [7, 11) is 0. The zero-order valence-corrected chi connectivity index (χ0v) is 18.8. The number of piperazine rings is 1. The van der Waals surface area contributed by atoms with Crippen LogP contribution in [-0.4, -0.2) is 57.6 Å². The number of benzene rings is 2. The molecule has 4 rings (SSSR count). The molecule has 164 valence electrons. The Morgan fingerprint density at radius 2 is 1.47 bits per heavy atom. The Hall–Kier alpha value is -3.67. The van der Waals surface area contributed by atoms with Gasteiger partial charge in [-0.05, 0) is 51.1 Å². The molecule has 2 amide bonds. The van der Waals surface area contributed by atoms with Crippen LogP contribution in [0.1, 0.15) is 32.9 Å². The Labute approximate surface area is 188 Å². The summed E-state index contributed by atoms with van der Waals surface area (Å²) in [5.74, 6) is -0.0223. The molecule has 0 bridgehead atoms. The van der Waals surface area contributed by atoms with E-state index >= 15 is 0 Å². The summed E-state index contributed by atoms with van der Waals surface area (Å²) in [6, 6.07) is 17.6. The molecule has 3 aromatic rings. The zero-order chi connectivity index (χ0) is 22.7. The average molecular weight is 429 g/mol. The highest BCUT2D eigenvalue weighted by Gasteiger charge is 2.24. The van der Waals surface area contributed by atoms with Crippen molar-refractivity contribution in [3.05, 3.63) is 88.8 Å². The Kier molecular flexibility index (Phi) is 6.21. The molecule has 0 unspecified atom stereocenters. The van der Waals surface area contributed by atoms with Crippen molar-refractivity contribution in [2.24, 2.45) is 0 Å². The van der Waals surface area contributed by atoms with Gasteiger partial charge in [-0.25, -0.2) is 4.68 Å². The van der Waals surface area contributed by atoms with Crippen molar-refractivity contribution >= 4 is 17.9 Å². The first kappa shape index (κ1) is 21.6. The molecule has 0 saturated carbocycles. The Morgan fingerprint density at radius 3 is 2.12 bits per heavy atom. The molecule has 0 radical (unpaired) electrons. The second-order valence-corrected chi connectivity index (χ2v) is 8.15. The first-order valence-electron chi connectivity index (χ1n) is 10.9. The molecule has 1 aromatic heterocycles. The highest BCUT2D eigenvalue weighted by atomic mass is 16.2. The maximum absolute atomic E-state index is 12.8. The van der Waals surface area contributed by atoms with Gasteiger partial charge in [0, 0.05) is 49.1 Å². The molecule has 2 heterocycles. The van der Waals surface area contributed by atoms with Crippen molar-refractivity contribution in [2.75, 3.05) is 26.2 Å². The Morgan fingerprint density at radius 1 is 0.844 bits per heavy atom. The van der Waals surface area contributed by atoms with Crippen LogP contribution in [0.15, 0.2) is 60.7 Å². The van der Waals surface area contributed by atoms with Gasteiger partial charge in [-0.2, -0.15) is 5.10 Å². The van der Waals surface area contributed by atoms with Gasteiger partial charge in [0.15, 0.2) is 0 Å². The molecule has 6 nitrogen and oxygen atoms in total. The van der Waals surface area contributed by atoms with Crippen LogP contribution < -0.4 is 0 Å². The Bertz CT molecular complexity index is 1140. The molecule has 2 aromatic carbocycles. The number of aromatic nitrogens is 2. The molecule has 1 saturated heterocycles. The summed E-state index contributed by atoms with van der Waals surface area (Å²) < 4.78 is 1.90. The number of nitrogens with zero attached hydrogens (tertiary/aromatic N) is 4. The minimum atomic E-state index is -0.0429. The van der Waals surface area contributed by atoms with Gasteiger partial charge in [0.25, 0.3) is 5.91 Å². The van der Waals surface area contributed by atoms with Crippen molar-refractivity contribution < 1.29 is 9.59 Å². The van der Waals surface area contributed by atoms with Crippen molar-refractivity contribution in [3.63, 3.8) is 0 Å². The highest BCUT2D eigenvalue weighted by molar-refractivity contribution is 5.95. The lowest BCUT2D eigenvalue weighted by molar-refractivity contribution is -0.127. The summed E-state index contributed by atoms with van der Waals surface area (Å²) in [5.41, 5.74) is 5.64. The molecule has 6 heteroatoms. The van der Waals surface area contributed by atoms with Crippen LogP contribution >= 0.6 is 0 Å². The van der Waals surface area contributed by atoms with Crippen molar-refractivity contribution in [3.8, 4) is 5.69 Å². The van der Waals surface area contributed by atoms with E-state index in [1.807, 2.05) is 91.0 Å². The zero-order valence-electron chi connectivity index (χ0n) is 18.8. The predicted molar refractivity (Wildman–Crippen MR) is 126 cm³/mol. The second kappa shape index (κ2) is 9.22. The fraction of sp³-hybridized carbons (Fsp3) is 0.269. The fourth-order valence-corrected chi connectivity index (χ4v) is 3.99. The number of carbonyl (C=O) groups is 2. The van der Waals surface area contributed by atoms with Crippen molar-refractivity contribution in [1.82, 2.24) is 19.6 Å². The van der Waals surface area contributed by atoms with E-state index in [1.165, 1.54) is 0 Å². The standard InChI is InChI=1S/C26H28N4O2/c1-19-9-11-22(12-10-19)26(32)29-17-15-28(16-18-29)25(31)14-13-24-20(2)27-30(21(24)3)23-7-5-4-6-8-23/h4-14H,15-18H2,1-3H3/b14-13+. The highest BCUT2D eigenvalue weighted by Crippen LogP contribution is 2.19. The van der Waals surface area contributed by atoms with Gasteiger partial charge in [0.05, 0.1) is 11.4 Å². The molecule has 1 aliphatic rings.